The van der Waals surface area contributed by atoms with E-state index in [0.717, 1.165) is 25.1 Å². The van der Waals surface area contributed by atoms with E-state index in [1.54, 1.807) is 12.1 Å². The summed E-state index contributed by atoms with van der Waals surface area (Å²) < 4.78 is 80.3. The van der Waals surface area contributed by atoms with Gasteiger partial charge in [-0.1, -0.05) is 24.3 Å². The van der Waals surface area contributed by atoms with Gasteiger partial charge in [0.15, 0.2) is 5.82 Å². The quantitative estimate of drug-likeness (QED) is 0.361. The SMILES string of the molecule is O=C(Nc1cccc(C2(C(F)(F)F)N=N2)c1)N1c2nc(-c3cccc(C(F)(F)F)c3)ccc2N2CCC[C@H]1C2. The standard InChI is InChI=1S/C26H20F6N6O/c27-25(28,29)17-6-1-4-15(12-17)20-9-10-21-22(34-20)38(19-8-3-11-37(21)14-19)23(39)33-18-7-2-5-16(13-18)24(35-36-24)26(30,31)32/h1-2,4-7,9-10,12-13,19H,3,8,11,14H2,(H,33,39)/t19-/m0/s1. The molecule has 7 nitrogen and oxygen atoms in total. The molecule has 0 saturated carbocycles. The van der Waals surface area contributed by atoms with Crippen LogP contribution in [0.15, 0.2) is 70.9 Å². The van der Waals surface area contributed by atoms with Gasteiger partial charge in [-0.3, -0.25) is 4.90 Å². The number of carbonyl (C=O) groups is 1. The topological polar surface area (TPSA) is 73.2 Å². The van der Waals surface area contributed by atoms with Gasteiger partial charge in [-0.25, -0.2) is 9.78 Å². The molecule has 3 aliphatic heterocycles. The van der Waals surface area contributed by atoms with Crippen LogP contribution in [0.4, 0.5) is 48.3 Å². The van der Waals surface area contributed by atoms with Gasteiger partial charge in [0.2, 0.25) is 0 Å². The van der Waals surface area contributed by atoms with Crippen molar-refractivity contribution in [3.8, 4) is 11.3 Å². The summed E-state index contributed by atoms with van der Waals surface area (Å²) in [5, 5.41) is 9.08. The molecule has 13 heteroatoms. The number of carbonyl (C=O) groups excluding carboxylic acids is 1. The first-order chi connectivity index (χ1) is 18.5. The first kappa shape index (κ1) is 25.1. The first-order valence-electron chi connectivity index (χ1n) is 12.1. The molecule has 202 valence electrons. The van der Waals surface area contributed by atoms with E-state index in [-0.39, 0.29) is 34.4 Å². The molecule has 39 heavy (non-hydrogen) atoms. The van der Waals surface area contributed by atoms with Gasteiger partial charge in [0.05, 0.1) is 23.0 Å². The highest BCUT2D eigenvalue weighted by molar-refractivity contribution is 6.04. The minimum absolute atomic E-state index is 0.118. The Hall–Kier alpha value is -4.16. The minimum Gasteiger partial charge on any atom is -0.366 e. The summed E-state index contributed by atoms with van der Waals surface area (Å²) in [6, 6.07) is 12.5. The van der Waals surface area contributed by atoms with E-state index in [1.807, 2.05) is 0 Å². The fraction of sp³-hybridized carbons (Fsp3) is 0.308. The average molecular weight is 546 g/mol. The molecule has 1 fully saturated rings. The molecule has 1 atom stereocenters. The van der Waals surface area contributed by atoms with Gasteiger partial charge in [-0.05, 0) is 49.2 Å². The van der Waals surface area contributed by atoms with Crippen molar-refractivity contribution in [1.29, 1.82) is 0 Å². The Morgan fingerprint density at radius 2 is 1.74 bits per heavy atom. The Labute approximate surface area is 218 Å². The summed E-state index contributed by atoms with van der Waals surface area (Å²) in [7, 11) is 0. The molecular formula is C26H20F6N6O. The first-order valence-corrected chi connectivity index (χ1v) is 12.1. The van der Waals surface area contributed by atoms with Crippen molar-refractivity contribution in [2.24, 2.45) is 10.2 Å². The molecule has 0 unspecified atom stereocenters. The third-order valence-corrected chi connectivity index (χ3v) is 7.10. The number of pyridine rings is 1. The Bertz CT molecular complexity index is 1480. The summed E-state index contributed by atoms with van der Waals surface area (Å²) >= 11 is 0. The molecule has 2 bridgehead atoms. The van der Waals surface area contributed by atoms with Crippen molar-refractivity contribution in [2.45, 2.75) is 36.9 Å². The number of piperidine rings is 1. The van der Waals surface area contributed by atoms with Gasteiger partial charge in [-0.15, -0.1) is 10.2 Å². The number of halogens is 6. The van der Waals surface area contributed by atoms with E-state index in [4.69, 9.17) is 0 Å². The monoisotopic (exact) mass is 546 g/mol. The van der Waals surface area contributed by atoms with Crippen LogP contribution in [-0.2, 0) is 11.8 Å². The molecule has 0 radical (unpaired) electrons. The maximum atomic E-state index is 13.6. The predicted molar refractivity (Wildman–Crippen MR) is 130 cm³/mol. The Morgan fingerprint density at radius 3 is 2.46 bits per heavy atom. The third-order valence-electron chi connectivity index (χ3n) is 7.10. The number of nitrogens with one attached hydrogen (secondary N) is 1. The molecule has 2 amide bonds. The van der Waals surface area contributed by atoms with Crippen molar-refractivity contribution in [1.82, 2.24) is 4.98 Å². The molecule has 3 aromatic rings. The number of fused-ring (bicyclic) bond motifs is 4. The number of anilines is 3. The number of hydrogen-bond acceptors (Lipinski definition) is 5. The van der Waals surface area contributed by atoms with Crippen molar-refractivity contribution in [3.63, 3.8) is 0 Å². The molecule has 2 aromatic carbocycles. The van der Waals surface area contributed by atoms with Crippen molar-refractivity contribution < 1.29 is 31.1 Å². The van der Waals surface area contributed by atoms with Gasteiger partial charge in [0.25, 0.3) is 0 Å². The van der Waals surface area contributed by atoms with E-state index < -0.39 is 29.6 Å². The predicted octanol–water partition coefficient (Wildman–Crippen LogP) is 6.97. The van der Waals surface area contributed by atoms with Crippen LogP contribution in [0.25, 0.3) is 11.3 Å². The number of urea groups is 1. The van der Waals surface area contributed by atoms with Gasteiger partial charge in [0.1, 0.15) is 0 Å². The van der Waals surface area contributed by atoms with Gasteiger partial charge >= 0.3 is 24.0 Å². The molecule has 0 aliphatic carbocycles. The molecule has 1 saturated heterocycles. The van der Waals surface area contributed by atoms with E-state index >= 15 is 0 Å². The number of aromatic nitrogens is 1. The van der Waals surface area contributed by atoms with Crippen molar-refractivity contribution in [3.05, 3.63) is 71.8 Å². The minimum atomic E-state index is -4.71. The highest BCUT2D eigenvalue weighted by Gasteiger charge is 2.65. The van der Waals surface area contributed by atoms with E-state index in [2.05, 4.69) is 25.4 Å². The summed E-state index contributed by atoms with van der Waals surface area (Å²) in [6.45, 7) is 1.26. The Balaban J connectivity index is 1.34. The molecule has 6 rings (SSSR count). The van der Waals surface area contributed by atoms with Crippen LogP contribution in [0, 0.1) is 0 Å². The normalized spacial score (nSPS) is 19.5. The zero-order valence-corrected chi connectivity index (χ0v) is 20.1. The summed E-state index contributed by atoms with van der Waals surface area (Å²) in [4.78, 5) is 21.7. The van der Waals surface area contributed by atoms with E-state index in [1.165, 1.54) is 41.3 Å². The van der Waals surface area contributed by atoms with Crippen LogP contribution in [0.2, 0.25) is 0 Å². The fourth-order valence-corrected chi connectivity index (χ4v) is 5.14. The van der Waals surface area contributed by atoms with Crippen LogP contribution >= 0.6 is 0 Å². The molecular weight excluding hydrogens is 526 g/mol. The highest BCUT2D eigenvalue weighted by atomic mass is 19.4. The molecule has 4 heterocycles. The Kier molecular flexibility index (Phi) is 5.59. The number of benzene rings is 2. The lowest BCUT2D eigenvalue weighted by Gasteiger charge is -2.45. The van der Waals surface area contributed by atoms with Crippen LogP contribution in [0.5, 0.6) is 0 Å². The maximum absolute atomic E-state index is 13.6. The zero-order valence-electron chi connectivity index (χ0n) is 20.1. The molecule has 1 N–H and O–H groups in total. The maximum Gasteiger partial charge on any atom is 0.442 e. The third kappa shape index (κ3) is 4.35. The molecule has 3 aliphatic rings. The smallest absolute Gasteiger partial charge is 0.366 e. The van der Waals surface area contributed by atoms with E-state index in [0.29, 0.717) is 18.7 Å². The van der Waals surface area contributed by atoms with Crippen molar-refractivity contribution >= 4 is 23.2 Å². The summed E-state index contributed by atoms with van der Waals surface area (Å²) in [5.74, 6) is 0.272. The van der Waals surface area contributed by atoms with Crippen LogP contribution in [-0.4, -0.2) is 36.3 Å². The lowest BCUT2D eigenvalue weighted by Crippen LogP contribution is -2.56. The lowest BCUT2D eigenvalue weighted by atomic mass is 9.99. The molecule has 0 spiro atoms. The van der Waals surface area contributed by atoms with Crippen molar-refractivity contribution in [2.75, 3.05) is 28.2 Å². The number of rotatable bonds is 3. The van der Waals surface area contributed by atoms with Gasteiger partial charge in [0, 0.05) is 29.9 Å². The van der Waals surface area contributed by atoms with Crippen LogP contribution < -0.4 is 15.1 Å². The second-order valence-corrected chi connectivity index (χ2v) is 9.61. The second kappa shape index (κ2) is 8.68. The zero-order chi connectivity index (χ0) is 27.6. The number of nitrogens with zero attached hydrogens (tertiary/aromatic N) is 5. The number of amides is 2. The lowest BCUT2D eigenvalue weighted by molar-refractivity contribution is -0.166. The average Bonchev–Trinajstić information content (AvgIpc) is 3.71. The summed E-state index contributed by atoms with van der Waals surface area (Å²) in [6.07, 6.45) is -7.78. The van der Waals surface area contributed by atoms with Crippen LogP contribution in [0.3, 0.4) is 0 Å². The Morgan fingerprint density at radius 1 is 0.974 bits per heavy atom. The summed E-state index contributed by atoms with van der Waals surface area (Å²) in [5.41, 5.74) is -2.41. The largest absolute Gasteiger partial charge is 0.442 e. The number of hydrogen-bond donors (Lipinski definition) is 1. The second-order valence-electron chi connectivity index (χ2n) is 9.61. The van der Waals surface area contributed by atoms with Gasteiger partial charge in [-0.2, -0.15) is 26.3 Å². The van der Waals surface area contributed by atoms with Gasteiger partial charge < -0.3 is 10.2 Å². The highest BCUT2D eigenvalue weighted by Crippen LogP contribution is 2.52. The van der Waals surface area contributed by atoms with Crippen LogP contribution in [0.1, 0.15) is 24.0 Å². The van der Waals surface area contributed by atoms with E-state index in [9.17, 15) is 31.1 Å². The number of alkyl halides is 6. The molecule has 1 aromatic heterocycles. The fourth-order valence-electron chi connectivity index (χ4n) is 5.14.